The number of rotatable bonds is 13. The van der Waals surface area contributed by atoms with Crippen molar-refractivity contribution in [1.82, 2.24) is 15.0 Å². The maximum atomic E-state index is 17.3. The predicted octanol–water partition coefficient (Wildman–Crippen LogP) is 8.77. The number of piperidine rings is 1. The van der Waals surface area contributed by atoms with E-state index in [2.05, 4.69) is 62.9 Å². The van der Waals surface area contributed by atoms with Gasteiger partial charge in [-0.15, -0.1) is 5.54 Å². The smallest absolute Gasteiger partial charge is 0.319 e. The second-order valence-electron chi connectivity index (χ2n) is 15.2. The van der Waals surface area contributed by atoms with Crippen LogP contribution in [-0.2, 0) is 14.2 Å². The van der Waals surface area contributed by atoms with E-state index in [0.29, 0.717) is 51.0 Å². The maximum absolute atomic E-state index is 17.3. The second kappa shape index (κ2) is 16.0. The fraction of sp³-hybridized carbons (Fsp3) is 0.537. The third kappa shape index (κ3) is 7.36. The number of aromatic nitrogens is 3. The van der Waals surface area contributed by atoms with Crippen molar-refractivity contribution < 1.29 is 28.1 Å². The Morgan fingerprint density at radius 2 is 1.62 bits per heavy atom. The monoisotopic (exact) mass is 728 g/mol. The highest BCUT2D eigenvalue weighted by Crippen LogP contribution is 2.43. The van der Waals surface area contributed by atoms with Crippen LogP contribution in [0, 0.1) is 29.1 Å². The average Bonchev–Trinajstić information content (AvgIpc) is 3.47. The molecular formula is C41H53FN4O5Si. The number of nitrogens with zero attached hydrogens (tertiary/aromatic N) is 4. The summed E-state index contributed by atoms with van der Waals surface area (Å²) in [7, 11) is 2.57. The number of halogens is 1. The highest BCUT2D eigenvalue weighted by Gasteiger charge is 2.42. The fourth-order valence-corrected chi connectivity index (χ4v) is 14.0. The number of benzene rings is 2. The number of hydrogen-bond acceptors (Lipinski definition) is 9. The molecule has 6 rings (SSSR count). The lowest BCUT2D eigenvalue weighted by Crippen LogP contribution is -2.43. The summed E-state index contributed by atoms with van der Waals surface area (Å²) in [4.78, 5) is 16.6. The molecule has 0 radical (unpaired) electrons. The first-order chi connectivity index (χ1) is 25.0. The molecule has 9 nitrogen and oxygen atoms in total. The zero-order valence-electron chi connectivity index (χ0n) is 32.1. The molecule has 2 unspecified atom stereocenters. The van der Waals surface area contributed by atoms with E-state index in [0.717, 1.165) is 29.4 Å². The first kappa shape index (κ1) is 37.9. The average molecular weight is 729 g/mol. The summed E-state index contributed by atoms with van der Waals surface area (Å²) in [5.74, 6) is 5.41. The number of anilines is 1. The summed E-state index contributed by atoms with van der Waals surface area (Å²) in [6.45, 7) is 15.6. The van der Waals surface area contributed by atoms with Gasteiger partial charge >= 0.3 is 6.01 Å². The lowest BCUT2D eigenvalue weighted by atomic mass is 9.96. The van der Waals surface area contributed by atoms with E-state index in [4.69, 9.17) is 33.7 Å². The minimum Gasteiger partial charge on any atom is -0.468 e. The van der Waals surface area contributed by atoms with Crippen molar-refractivity contribution in [3.05, 3.63) is 47.9 Å². The molecule has 1 aliphatic carbocycles. The Balaban J connectivity index is 1.57. The largest absolute Gasteiger partial charge is 0.468 e. The maximum Gasteiger partial charge on any atom is 0.319 e. The third-order valence-electron chi connectivity index (χ3n) is 11.3. The number of hydrogen-bond donors (Lipinski definition) is 0. The molecule has 11 heteroatoms. The molecule has 4 aromatic rings. The second-order valence-corrected chi connectivity index (χ2v) is 20.8. The lowest BCUT2D eigenvalue weighted by Gasteiger charge is -2.38. The van der Waals surface area contributed by atoms with Crippen LogP contribution in [0.25, 0.3) is 32.9 Å². The summed E-state index contributed by atoms with van der Waals surface area (Å²) >= 11 is 0. The van der Waals surface area contributed by atoms with E-state index in [-0.39, 0.29) is 30.6 Å². The molecule has 2 aromatic carbocycles. The zero-order valence-corrected chi connectivity index (χ0v) is 33.1. The summed E-state index contributed by atoms with van der Waals surface area (Å²) in [5, 5.41) is 2.22. The summed E-state index contributed by atoms with van der Waals surface area (Å²) in [6.07, 6.45) is 4.69. The predicted molar refractivity (Wildman–Crippen MR) is 207 cm³/mol. The normalized spacial score (nSPS) is 17.5. The Hall–Kier alpha value is -3.82. The Kier molecular flexibility index (Phi) is 11.7. The molecule has 1 saturated carbocycles. The van der Waals surface area contributed by atoms with Crippen LogP contribution in [0.15, 0.2) is 36.5 Å². The van der Waals surface area contributed by atoms with Gasteiger partial charge in [-0.3, -0.25) is 4.98 Å². The molecule has 2 aromatic heterocycles. The Bertz CT molecular complexity index is 1920. The van der Waals surface area contributed by atoms with Gasteiger partial charge in [0.1, 0.15) is 37.5 Å². The van der Waals surface area contributed by atoms with Crippen molar-refractivity contribution in [3.63, 3.8) is 0 Å². The molecule has 3 heterocycles. The SMILES string of the molecule is COCOc1cc(-c2ncc3c(N4CC5CCC(C5)C4)nc(OCC(OC)OC)nc3c2F)c2c(C#C[Si](C(C)C)(C(C)C)C(C)C)cccc2c1. The van der Waals surface area contributed by atoms with Crippen molar-refractivity contribution in [2.24, 2.45) is 11.8 Å². The molecule has 2 atom stereocenters. The van der Waals surface area contributed by atoms with E-state index in [1.807, 2.05) is 30.3 Å². The Labute approximate surface area is 308 Å². The number of fused-ring (bicyclic) bond motifs is 4. The number of methoxy groups -OCH3 is 3. The van der Waals surface area contributed by atoms with Crippen molar-refractivity contribution in [1.29, 1.82) is 0 Å². The van der Waals surface area contributed by atoms with Gasteiger partial charge in [-0.1, -0.05) is 59.6 Å². The summed E-state index contributed by atoms with van der Waals surface area (Å²) in [6, 6.07) is 9.84. The fourth-order valence-electron chi connectivity index (χ4n) is 8.78. The van der Waals surface area contributed by atoms with Crippen LogP contribution in [0.3, 0.4) is 0 Å². The van der Waals surface area contributed by atoms with Crippen LogP contribution in [0.5, 0.6) is 11.8 Å². The molecule has 0 amide bonds. The Morgan fingerprint density at radius 3 is 2.25 bits per heavy atom. The molecule has 278 valence electrons. The van der Waals surface area contributed by atoms with Crippen LogP contribution >= 0.6 is 0 Å². The summed E-state index contributed by atoms with van der Waals surface area (Å²) in [5.41, 5.74) is 6.94. The Morgan fingerprint density at radius 1 is 0.923 bits per heavy atom. The van der Waals surface area contributed by atoms with Crippen LogP contribution < -0.4 is 14.4 Å². The van der Waals surface area contributed by atoms with Gasteiger partial charge in [0.15, 0.2) is 18.9 Å². The molecule has 1 aliphatic heterocycles. The van der Waals surface area contributed by atoms with Gasteiger partial charge in [0, 0.05) is 57.1 Å². The van der Waals surface area contributed by atoms with Gasteiger partial charge in [0.2, 0.25) is 0 Å². The van der Waals surface area contributed by atoms with Crippen molar-refractivity contribution in [2.75, 3.05) is 52.7 Å². The number of pyridine rings is 1. The number of ether oxygens (including phenoxy) is 5. The van der Waals surface area contributed by atoms with E-state index < -0.39 is 20.2 Å². The van der Waals surface area contributed by atoms with Crippen molar-refractivity contribution in [3.8, 4) is 34.5 Å². The topological polar surface area (TPSA) is 88.1 Å². The molecule has 1 saturated heterocycles. The highest BCUT2D eigenvalue weighted by molar-refractivity contribution is 6.90. The van der Waals surface area contributed by atoms with Gasteiger partial charge < -0.3 is 28.6 Å². The van der Waals surface area contributed by atoms with Crippen LogP contribution in [0.1, 0.15) is 66.4 Å². The molecule has 0 N–H and O–H groups in total. The molecule has 2 fully saturated rings. The van der Waals surface area contributed by atoms with E-state index >= 15 is 4.39 Å². The molecule has 2 bridgehead atoms. The van der Waals surface area contributed by atoms with Gasteiger partial charge in [0.05, 0.1) is 5.39 Å². The first-order valence-corrected chi connectivity index (χ1v) is 20.7. The third-order valence-corrected chi connectivity index (χ3v) is 17.5. The van der Waals surface area contributed by atoms with E-state index in [1.54, 1.807) is 13.3 Å². The van der Waals surface area contributed by atoms with Crippen LogP contribution in [0.4, 0.5) is 10.2 Å². The van der Waals surface area contributed by atoms with Crippen molar-refractivity contribution in [2.45, 2.75) is 83.7 Å². The standard InChI is InChI=1S/C41H53FN4O5Si/c1-25(2)52(26(3)4,27(5)6)16-15-30-11-10-12-31-18-32(51-24-47-7)19-33(36(30)31)38-37(42)39-34(20-43-38)40(46-21-28-13-14-29(17-28)22-46)45-41(44-39)50-23-35(48-8)49-9/h10-12,18-20,25-29,35H,13-14,17,21-24H2,1-9H3. The quantitative estimate of drug-likeness (QED) is 0.0762. The molecule has 0 spiro atoms. The molecular weight excluding hydrogens is 676 g/mol. The van der Waals surface area contributed by atoms with Gasteiger partial charge in [-0.25, -0.2) is 4.39 Å². The van der Waals surface area contributed by atoms with Gasteiger partial charge in [-0.2, -0.15) is 9.97 Å². The highest BCUT2D eigenvalue weighted by atomic mass is 28.3. The molecule has 52 heavy (non-hydrogen) atoms. The van der Waals surface area contributed by atoms with Crippen LogP contribution in [-0.4, -0.2) is 77.1 Å². The lowest BCUT2D eigenvalue weighted by molar-refractivity contribution is -0.123. The minimum absolute atomic E-state index is 0.0439. The zero-order chi connectivity index (χ0) is 37.2. The van der Waals surface area contributed by atoms with Crippen LogP contribution in [0.2, 0.25) is 16.6 Å². The van der Waals surface area contributed by atoms with Crippen molar-refractivity contribution >= 4 is 35.6 Å². The molecule has 2 aliphatic rings. The van der Waals surface area contributed by atoms with E-state index in [9.17, 15) is 0 Å². The minimum atomic E-state index is -2.07. The first-order valence-electron chi connectivity index (χ1n) is 18.5. The summed E-state index contributed by atoms with van der Waals surface area (Å²) < 4.78 is 45.2. The van der Waals surface area contributed by atoms with Gasteiger partial charge in [0.25, 0.3) is 0 Å². The van der Waals surface area contributed by atoms with E-state index in [1.165, 1.54) is 33.5 Å². The van der Waals surface area contributed by atoms with Gasteiger partial charge in [-0.05, 0) is 71.3 Å².